The first-order valence-corrected chi connectivity index (χ1v) is 6.99. The lowest BCUT2D eigenvalue weighted by Gasteiger charge is -2.31. The Balaban J connectivity index is 2.77. The quantitative estimate of drug-likeness (QED) is 0.842. The third-order valence-electron chi connectivity index (χ3n) is 4.06. The molecule has 0 aromatic heterocycles. The minimum absolute atomic E-state index is 0.343. The highest BCUT2D eigenvalue weighted by molar-refractivity contribution is 5.86. The minimum Gasteiger partial charge on any atom is -0.479 e. The molecule has 8 heteroatoms. The fourth-order valence-corrected chi connectivity index (χ4v) is 2.32. The van der Waals surface area contributed by atoms with Gasteiger partial charge < -0.3 is 15.3 Å². The number of amides is 2. The monoisotopic (exact) mass is 310 g/mol. The Morgan fingerprint density at radius 3 is 2.38 bits per heavy atom. The lowest BCUT2D eigenvalue weighted by atomic mass is 9.98. The molecule has 0 bridgehead atoms. The number of hydrogen-bond acceptors (Lipinski definition) is 2. The Bertz CT molecular complexity index is 401. The smallest absolute Gasteiger partial charge is 0.422 e. The summed E-state index contributed by atoms with van der Waals surface area (Å²) in [6.45, 7) is 3.18. The van der Waals surface area contributed by atoms with Crippen molar-refractivity contribution in [3.05, 3.63) is 0 Å². The van der Waals surface area contributed by atoms with Gasteiger partial charge in [-0.25, -0.2) is 9.59 Å². The molecule has 0 aliphatic carbocycles. The van der Waals surface area contributed by atoms with E-state index in [1.807, 2.05) is 6.92 Å². The number of carboxylic acid groups (broad SMARTS) is 1. The molecule has 0 aromatic carbocycles. The highest BCUT2D eigenvalue weighted by atomic mass is 19.4. The molecule has 2 N–H and O–H groups in total. The van der Waals surface area contributed by atoms with Gasteiger partial charge in [-0.15, -0.1) is 0 Å². The van der Waals surface area contributed by atoms with E-state index >= 15 is 0 Å². The summed E-state index contributed by atoms with van der Waals surface area (Å²) < 4.78 is 38.6. The Kier molecular flexibility index (Phi) is 5.47. The number of alkyl halides is 3. The van der Waals surface area contributed by atoms with Crippen LogP contribution in [0.1, 0.15) is 39.5 Å². The summed E-state index contributed by atoms with van der Waals surface area (Å²) in [4.78, 5) is 24.1. The molecule has 122 valence electrons. The number of carbonyl (C=O) groups is 2. The standard InChI is InChI=1S/C13H21F3N2O3/c1-3-9-5-4-7-18(8-6-9)11(21)17-12(2,10(19)20)13(14,15)16/h9H,3-8H2,1-2H3,(H,17,21)(H,19,20). The molecule has 0 saturated carbocycles. The number of rotatable bonds is 3. The predicted octanol–water partition coefficient (Wildman–Crippen LogP) is 2.61. The first-order valence-electron chi connectivity index (χ1n) is 6.99. The van der Waals surface area contributed by atoms with Crippen molar-refractivity contribution in [3.63, 3.8) is 0 Å². The molecule has 5 nitrogen and oxygen atoms in total. The van der Waals surface area contributed by atoms with Gasteiger partial charge in [-0.2, -0.15) is 13.2 Å². The maximum atomic E-state index is 12.9. The van der Waals surface area contributed by atoms with Gasteiger partial charge in [0.25, 0.3) is 0 Å². The van der Waals surface area contributed by atoms with Gasteiger partial charge in [-0.3, -0.25) is 0 Å². The van der Waals surface area contributed by atoms with Gasteiger partial charge >= 0.3 is 18.2 Å². The van der Waals surface area contributed by atoms with E-state index in [1.165, 1.54) is 4.90 Å². The van der Waals surface area contributed by atoms with Crippen LogP contribution in [0.4, 0.5) is 18.0 Å². The molecular weight excluding hydrogens is 289 g/mol. The number of hydrogen-bond donors (Lipinski definition) is 2. The first kappa shape index (κ1) is 17.6. The summed E-state index contributed by atoms with van der Waals surface area (Å²) >= 11 is 0. The van der Waals surface area contributed by atoms with E-state index in [4.69, 9.17) is 5.11 Å². The van der Waals surface area contributed by atoms with Crippen molar-refractivity contribution in [2.45, 2.75) is 51.2 Å². The Labute approximate surface area is 121 Å². The molecule has 1 aliphatic heterocycles. The van der Waals surface area contributed by atoms with Gasteiger partial charge in [-0.05, 0) is 32.1 Å². The van der Waals surface area contributed by atoms with Crippen molar-refractivity contribution in [1.82, 2.24) is 10.2 Å². The molecule has 0 radical (unpaired) electrons. The van der Waals surface area contributed by atoms with Crippen molar-refractivity contribution in [3.8, 4) is 0 Å². The van der Waals surface area contributed by atoms with Crippen molar-refractivity contribution in [2.24, 2.45) is 5.92 Å². The van der Waals surface area contributed by atoms with E-state index in [0.29, 0.717) is 32.4 Å². The van der Waals surface area contributed by atoms with Crippen LogP contribution in [0, 0.1) is 5.92 Å². The molecule has 2 atom stereocenters. The minimum atomic E-state index is -5.06. The Morgan fingerprint density at radius 1 is 1.29 bits per heavy atom. The first-order chi connectivity index (χ1) is 9.61. The van der Waals surface area contributed by atoms with Crippen LogP contribution in [-0.2, 0) is 4.79 Å². The molecule has 0 aromatic rings. The molecule has 1 saturated heterocycles. The number of carbonyl (C=O) groups excluding carboxylic acids is 1. The second kappa shape index (κ2) is 6.53. The number of nitrogens with zero attached hydrogens (tertiary/aromatic N) is 1. The van der Waals surface area contributed by atoms with Gasteiger partial charge in [0.1, 0.15) is 0 Å². The van der Waals surface area contributed by atoms with E-state index in [0.717, 1.165) is 19.3 Å². The second-order valence-corrected chi connectivity index (χ2v) is 5.55. The number of nitrogens with one attached hydrogen (secondary N) is 1. The maximum absolute atomic E-state index is 12.9. The zero-order valence-electron chi connectivity index (χ0n) is 12.2. The number of likely N-dealkylation sites (tertiary alicyclic amines) is 1. The zero-order valence-corrected chi connectivity index (χ0v) is 12.2. The number of halogens is 3. The van der Waals surface area contributed by atoms with Crippen molar-refractivity contribution < 1.29 is 27.9 Å². The average molecular weight is 310 g/mol. The highest BCUT2D eigenvalue weighted by Gasteiger charge is 2.58. The largest absolute Gasteiger partial charge is 0.479 e. The predicted molar refractivity (Wildman–Crippen MR) is 69.8 cm³/mol. The normalized spacial score (nSPS) is 23.1. The fraction of sp³-hybridized carbons (Fsp3) is 0.846. The molecule has 1 fully saturated rings. The van der Waals surface area contributed by atoms with Crippen LogP contribution < -0.4 is 5.32 Å². The molecule has 21 heavy (non-hydrogen) atoms. The van der Waals surface area contributed by atoms with Crippen LogP contribution in [0.15, 0.2) is 0 Å². The van der Waals surface area contributed by atoms with Gasteiger partial charge in [0, 0.05) is 13.1 Å². The number of carboxylic acids is 1. The maximum Gasteiger partial charge on any atom is 0.422 e. The van der Waals surface area contributed by atoms with Crippen LogP contribution >= 0.6 is 0 Å². The summed E-state index contributed by atoms with van der Waals surface area (Å²) in [6.07, 6.45) is -1.74. The van der Waals surface area contributed by atoms with E-state index in [-0.39, 0.29) is 0 Å². The van der Waals surface area contributed by atoms with Gasteiger partial charge in [0.2, 0.25) is 5.54 Å². The van der Waals surface area contributed by atoms with Gasteiger partial charge in [-0.1, -0.05) is 13.3 Å². The number of aliphatic carboxylic acids is 1. The van der Waals surface area contributed by atoms with E-state index in [1.54, 1.807) is 5.32 Å². The van der Waals surface area contributed by atoms with Crippen LogP contribution in [0.25, 0.3) is 0 Å². The van der Waals surface area contributed by atoms with E-state index in [2.05, 4.69) is 0 Å². The zero-order chi connectivity index (χ0) is 16.3. The number of urea groups is 1. The summed E-state index contributed by atoms with van der Waals surface area (Å²) in [5.74, 6) is -1.67. The molecule has 2 amide bonds. The van der Waals surface area contributed by atoms with Crippen molar-refractivity contribution in [2.75, 3.05) is 13.1 Å². The third-order valence-corrected chi connectivity index (χ3v) is 4.06. The van der Waals surface area contributed by atoms with Crippen molar-refractivity contribution in [1.29, 1.82) is 0 Å². The molecule has 2 unspecified atom stereocenters. The molecular formula is C13H21F3N2O3. The summed E-state index contributed by atoms with van der Waals surface area (Å²) in [7, 11) is 0. The second-order valence-electron chi connectivity index (χ2n) is 5.55. The summed E-state index contributed by atoms with van der Waals surface area (Å²) in [5, 5.41) is 10.4. The molecule has 1 rings (SSSR count). The fourth-order valence-electron chi connectivity index (χ4n) is 2.32. The highest BCUT2D eigenvalue weighted by Crippen LogP contribution is 2.31. The molecule has 1 heterocycles. The van der Waals surface area contributed by atoms with Crippen LogP contribution in [0.3, 0.4) is 0 Å². The lowest BCUT2D eigenvalue weighted by Crippen LogP contribution is -2.64. The third kappa shape index (κ3) is 4.01. The van der Waals surface area contributed by atoms with E-state index < -0.39 is 23.7 Å². The van der Waals surface area contributed by atoms with Crippen LogP contribution in [-0.4, -0.2) is 46.8 Å². The van der Waals surface area contributed by atoms with E-state index in [9.17, 15) is 22.8 Å². The average Bonchev–Trinajstić information content (AvgIpc) is 2.62. The Hall–Kier alpha value is -1.47. The summed E-state index contributed by atoms with van der Waals surface area (Å²) in [6, 6.07) is -0.978. The topological polar surface area (TPSA) is 69.6 Å². The van der Waals surface area contributed by atoms with Crippen LogP contribution in [0.2, 0.25) is 0 Å². The molecule has 1 aliphatic rings. The van der Waals surface area contributed by atoms with Gasteiger partial charge in [0.05, 0.1) is 0 Å². The summed E-state index contributed by atoms with van der Waals surface area (Å²) in [5.41, 5.74) is -3.28. The SMILES string of the molecule is CCC1CCCN(C(=O)NC(C)(C(=O)O)C(F)(F)F)CC1. The van der Waals surface area contributed by atoms with Crippen LogP contribution in [0.5, 0.6) is 0 Å². The van der Waals surface area contributed by atoms with Gasteiger partial charge in [0.15, 0.2) is 0 Å². The molecule has 0 spiro atoms. The Morgan fingerprint density at radius 2 is 1.90 bits per heavy atom. The van der Waals surface area contributed by atoms with Crippen molar-refractivity contribution >= 4 is 12.0 Å². The lowest BCUT2D eigenvalue weighted by molar-refractivity contribution is -0.203.